The molecule has 2 aromatic carbocycles. The Morgan fingerprint density at radius 1 is 1.09 bits per heavy atom. The molecule has 1 unspecified atom stereocenters. The van der Waals surface area contributed by atoms with E-state index in [4.69, 9.17) is 4.74 Å². The van der Waals surface area contributed by atoms with E-state index < -0.39 is 27.3 Å². The molecule has 1 atom stereocenters. The van der Waals surface area contributed by atoms with Gasteiger partial charge in [-0.2, -0.15) is 0 Å². The van der Waals surface area contributed by atoms with Gasteiger partial charge >= 0.3 is 6.09 Å². The Kier molecular flexibility index (Phi) is 5.33. The largest absolute Gasteiger partial charge is 0.444 e. The third kappa shape index (κ3) is 4.00. The lowest BCUT2D eigenvalue weighted by Crippen LogP contribution is -2.38. The second-order valence-electron chi connectivity index (χ2n) is 9.36. The van der Waals surface area contributed by atoms with Crippen LogP contribution >= 0.6 is 0 Å². The normalized spacial score (nSPS) is 19.5. The van der Waals surface area contributed by atoms with Crippen LogP contribution in [-0.2, 0) is 20.4 Å². The highest BCUT2D eigenvalue weighted by molar-refractivity contribution is 7.90. The zero-order valence-corrected chi connectivity index (χ0v) is 19.5. The first-order valence-electron chi connectivity index (χ1n) is 10.5. The number of rotatable bonds is 3. The summed E-state index contributed by atoms with van der Waals surface area (Å²) in [7, 11) is -3.87. The number of fused-ring (bicyclic) bond motifs is 1. The van der Waals surface area contributed by atoms with Crippen molar-refractivity contribution >= 4 is 27.0 Å². The van der Waals surface area contributed by atoms with Gasteiger partial charge in [0.05, 0.1) is 17.0 Å². The van der Waals surface area contributed by atoms with E-state index in [1.165, 1.54) is 15.1 Å². The van der Waals surface area contributed by atoms with E-state index in [-0.39, 0.29) is 17.9 Å². The van der Waals surface area contributed by atoms with Crippen molar-refractivity contribution in [1.82, 2.24) is 8.87 Å². The zero-order valence-electron chi connectivity index (χ0n) is 18.7. The average molecular weight is 457 g/mol. The van der Waals surface area contributed by atoms with Gasteiger partial charge in [0.2, 0.25) is 0 Å². The number of benzene rings is 2. The Balaban J connectivity index is 1.75. The molecule has 0 saturated carbocycles. The maximum absolute atomic E-state index is 13.4. The first-order valence-corrected chi connectivity index (χ1v) is 12.0. The Labute approximate surface area is 188 Å². The molecule has 32 heavy (non-hydrogen) atoms. The summed E-state index contributed by atoms with van der Waals surface area (Å²) in [6.07, 6.45) is 1.27. The summed E-state index contributed by atoms with van der Waals surface area (Å²) < 4.78 is 33.5. The monoisotopic (exact) mass is 456 g/mol. The number of nitrogens with zero attached hydrogens (tertiary/aromatic N) is 2. The molecule has 170 valence electrons. The molecule has 0 bridgehead atoms. The van der Waals surface area contributed by atoms with Crippen LogP contribution in [0.5, 0.6) is 0 Å². The Morgan fingerprint density at radius 3 is 2.41 bits per heavy atom. The van der Waals surface area contributed by atoms with Crippen LogP contribution in [0, 0.1) is 6.92 Å². The number of amides is 1. The van der Waals surface area contributed by atoms with Crippen molar-refractivity contribution in [2.24, 2.45) is 0 Å². The molecule has 0 aliphatic carbocycles. The molecule has 0 radical (unpaired) electrons. The number of β-amino-alcohol motifs (C(OH)–C–C–N with tert-alkyl or cyclic N) is 1. The highest BCUT2D eigenvalue weighted by atomic mass is 32.2. The van der Waals surface area contributed by atoms with Gasteiger partial charge < -0.3 is 14.7 Å². The van der Waals surface area contributed by atoms with Crippen LogP contribution in [0.4, 0.5) is 4.79 Å². The maximum atomic E-state index is 13.4. The van der Waals surface area contributed by atoms with Gasteiger partial charge in [0.1, 0.15) is 11.2 Å². The molecule has 1 N–H and O–H groups in total. The Bertz CT molecular complexity index is 1270. The molecule has 8 heteroatoms. The van der Waals surface area contributed by atoms with Crippen LogP contribution < -0.4 is 0 Å². The summed E-state index contributed by atoms with van der Waals surface area (Å²) in [4.78, 5) is 14.1. The van der Waals surface area contributed by atoms with Crippen LogP contribution in [0.3, 0.4) is 0 Å². The minimum Gasteiger partial charge on any atom is -0.444 e. The lowest BCUT2D eigenvalue weighted by atomic mass is 9.93. The zero-order chi connectivity index (χ0) is 23.3. The number of hydrogen-bond donors (Lipinski definition) is 1. The predicted octanol–water partition coefficient (Wildman–Crippen LogP) is 4.02. The molecular weight excluding hydrogens is 428 g/mol. The van der Waals surface area contributed by atoms with Gasteiger partial charge in [-0.3, -0.25) is 0 Å². The first kappa shape index (κ1) is 22.4. The van der Waals surface area contributed by atoms with Crippen molar-refractivity contribution in [2.45, 2.75) is 50.2 Å². The highest BCUT2D eigenvalue weighted by Crippen LogP contribution is 2.39. The summed E-state index contributed by atoms with van der Waals surface area (Å²) in [6.45, 7) is 7.60. The summed E-state index contributed by atoms with van der Waals surface area (Å²) in [6, 6.07) is 13.7. The van der Waals surface area contributed by atoms with E-state index in [1.54, 1.807) is 69.3 Å². The molecule has 2 heterocycles. The predicted molar refractivity (Wildman–Crippen MR) is 122 cm³/mol. The fourth-order valence-corrected chi connectivity index (χ4v) is 5.41. The minimum absolute atomic E-state index is 0.0283. The van der Waals surface area contributed by atoms with Gasteiger partial charge in [-0.05, 0) is 52.3 Å². The van der Waals surface area contributed by atoms with E-state index in [1.807, 2.05) is 6.92 Å². The van der Waals surface area contributed by atoms with Crippen molar-refractivity contribution < 1.29 is 23.1 Å². The van der Waals surface area contributed by atoms with E-state index in [2.05, 4.69) is 0 Å². The van der Waals surface area contributed by atoms with Gasteiger partial charge in [-0.15, -0.1) is 0 Å². The number of carbonyl (C=O) groups is 1. The number of hydrogen-bond acceptors (Lipinski definition) is 5. The molecule has 1 fully saturated rings. The molecule has 1 aromatic heterocycles. The quantitative estimate of drug-likeness (QED) is 0.643. The number of aromatic nitrogens is 1. The van der Waals surface area contributed by atoms with Gasteiger partial charge in [0.15, 0.2) is 0 Å². The van der Waals surface area contributed by atoms with Crippen LogP contribution in [0.25, 0.3) is 10.9 Å². The Hall–Kier alpha value is -2.84. The molecule has 1 aliphatic rings. The number of aliphatic hydroxyl groups is 1. The topological polar surface area (TPSA) is 88.8 Å². The van der Waals surface area contributed by atoms with Gasteiger partial charge in [-0.25, -0.2) is 17.2 Å². The van der Waals surface area contributed by atoms with Crippen molar-refractivity contribution in [3.05, 3.63) is 65.9 Å². The van der Waals surface area contributed by atoms with Gasteiger partial charge in [0, 0.05) is 23.7 Å². The van der Waals surface area contributed by atoms with E-state index >= 15 is 0 Å². The summed E-state index contributed by atoms with van der Waals surface area (Å²) in [5.41, 5.74) is -0.105. The van der Waals surface area contributed by atoms with E-state index in [0.717, 1.165) is 5.56 Å². The second-order valence-corrected chi connectivity index (χ2v) is 11.2. The maximum Gasteiger partial charge on any atom is 0.410 e. The summed E-state index contributed by atoms with van der Waals surface area (Å²) in [5, 5.41) is 12.1. The smallest absolute Gasteiger partial charge is 0.410 e. The lowest BCUT2D eigenvalue weighted by Gasteiger charge is -2.26. The lowest BCUT2D eigenvalue weighted by molar-refractivity contribution is 0.0144. The molecule has 0 spiro atoms. The van der Waals surface area contributed by atoms with Gasteiger partial charge in [0.25, 0.3) is 10.0 Å². The van der Waals surface area contributed by atoms with Crippen molar-refractivity contribution in [3.63, 3.8) is 0 Å². The van der Waals surface area contributed by atoms with E-state index in [0.29, 0.717) is 23.0 Å². The van der Waals surface area contributed by atoms with Crippen LogP contribution in [-0.4, -0.2) is 47.2 Å². The third-order valence-corrected chi connectivity index (χ3v) is 7.34. The van der Waals surface area contributed by atoms with Crippen LogP contribution in [0.1, 0.15) is 38.3 Å². The standard InChI is InChI=1S/C24H28N2O5S/c1-17-9-11-18(12-10-17)32(29,30)26-15-20(19-7-5-6-8-21(19)26)24(28)13-14-25(16-24)22(27)31-23(2,3)4/h5-12,15,28H,13-14,16H2,1-4H3. The molecular formula is C24H28N2O5S. The van der Waals surface area contributed by atoms with Gasteiger partial charge in [-0.1, -0.05) is 35.9 Å². The molecule has 1 amide bonds. The summed E-state index contributed by atoms with van der Waals surface area (Å²) >= 11 is 0. The summed E-state index contributed by atoms with van der Waals surface area (Å²) in [5.74, 6) is 0. The number of ether oxygens (including phenoxy) is 1. The highest BCUT2D eigenvalue weighted by Gasteiger charge is 2.43. The second kappa shape index (κ2) is 7.64. The fourth-order valence-electron chi connectivity index (χ4n) is 4.04. The molecule has 1 saturated heterocycles. The Morgan fingerprint density at radius 2 is 1.75 bits per heavy atom. The molecule has 4 rings (SSSR count). The molecule has 3 aromatic rings. The fraction of sp³-hybridized carbons (Fsp3) is 0.375. The first-order chi connectivity index (χ1) is 14.9. The number of para-hydroxylation sites is 1. The average Bonchev–Trinajstić information content (AvgIpc) is 3.30. The van der Waals surface area contributed by atoms with Crippen molar-refractivity contribution in [2.75, 3.05) is 13.1 Å². The third-order valence-electron chi connectivity index (χ3n) is 5.66. The van der Waals surface area contributed by atoms with Crippen molar-refractivity contribution in [1.29, 1.82) is 0 Å². The van der Waals surface area contributed by atoms with Crippen LogP contribution in [0.15, 0.2) is 59.6 Å². The number of aryl methyl sites for hydroxylation is 1. The molecule has 7 nitrogen and oxygen atoms in total. The SMILES string of the molecule is Cc1ccc(S(=O)(=O)n2cc(C3(O)CCN(C(=O)OC(C)(C)C)C3)c3ccccc32)cc1. The number of carbonyl (C=O) groups excluding carboxylic acids is 1. The molecule has 1 aliphatic heterocycles. The number of likely N-dealkylation sites (tertiary alicyclic amines) is 1. The van der Waals surface area contributed by atoms with E-state index in [9.17, 15) is 18.3 Å². The van der Waals surface area contributed by atoms with Crippen molar-refractivity contribution in [3.8, 4) is 0 Å². The van der Waals surface area contributed by atoms with Crippen LogP contribution in [0.2, 0.25) is 0 Å². The minimum atomic E-state index is -3.87.